The van der Waals surface area contributed by atoms with Crippen molar-refractivity contribution in [2.75, 3.05) is 12.8 Å². The Labute approximate surface area is 156 Å². The molecule has 2 aliphatic rings. The van der Waals surface area contributed by atoms with Crippen LogP contribution < -0.4 is 5.32 Å². The van der Waals surface area contributed by atoms with Crippen LogP contribution in [-0.4, -0.2) is 18.0 Å². The van der Waals surface area contributed by atoms with Gasteiger partial charge in [-0.25, -0.2) is 0 Å². The molecule has 5 nitrogen and oxygen atoms in total. The number of benzene rings is 1. The Morgan fingerprint density at radius 1 is 1.24 bits per heavy atom. The molecule has 1 aromatic carbocycles. The van der Waals surface area contributed by atoms with E-state index >= 15 is 0 Å². The van der Waals surface area contributed by atoms with E-state index in [4.69, 9.17) is 5.53 Å². The summed E-state index contributed by atoms with van der Waals surface area (Å²) in [7, 11) is 1.84. The quantitative estimate of drug-likeness (QED) is 0.376. The van der Waals surface area contributed by atoms with Crippen LogP contribution in [0.4, 0.5) is 5.69 Å². The number of amidine groups is 1. The van der Waals surface area contributed by atoms with Gasteiger partial charge in [0.15, 0.2) is 5.17 Å². The lowest BCUT2D eigenvalue weighted by atomic mass is 9.69. The molecular weight excluding hydrogens is 330 g/mol. The Morgan fingerprint density at radius 3 is 2.68 bits per heavy atom. The van der Waals surface area contributed by atoms with Gasteiger partial charge in [-0.2, -0.15) is 0 Å². The lowest BCUT2D eigenvalue weighted by Gasteiger charge is -2.49. The van der Waals surface area contributed by atoms with E-state index in [1.54, 1.807) is 0 Å². The van der Waals surface area contributed by atoms with Crippen LogP contribution in [0.15, 0.2) is 34.4 Å². The minimum absolute atomic E-state index is 0.0562. The fourth-order valence-corrected chi connectivity index (χ4v) is 4.71. The molecule has 6 heteroatoms. The largest absolute Gasteiger partial charge is 0.355 e. The van der Waals surface area contributed by atoms with Gasteiger partial charge in [0, 0.05) is 23.4 Å². The highest BCUT2D eigenvalue weighted by atomic mass is 32.2. The molecular formula is C19H31N5S. The van der Waals surface area contributed by atoms with E-state index in [0.717, 1.165) is 17.3 Å². The van der Waals surface area contributed by atoms with Crippen LogP contribution in [0, 0.1) is 5.92 Å². The van der Waals surface area contributed by atoms with Gasteiger partial charge in [0.2, 0.25) is 0 Å². The van der Waals surface area contributed by atoms with Gasteiger partial charge in [-0.05, 0) is 35.9 Å². The predicted molar refractivity (Wildman–Crippen MR) is 111 cm³/mol. The molecule has 3 rings (SSSR count). The smallest absolute Gasteiger partial charge is 0.156 e. The van der Waals surface area contributed by atoms with Crippen LogP contribution in [0.2, 0.25) is 0 Å². The zero-order valence-electron chi connectivity index (χ0n) is 16.1. The molecule has 1 heterocycles. The molecule has 2 unspecified atom stereocenters. The van der Waals surface area contributed by atoms with Crippen LogP contribution in [0.1, 0.15) is 58.9 Å². The topological polar surface area (TPSA) is 73.2 Å². The monoisotopic (exact) mass is 361 g/mol. The van der Waals surface area contributed by atoms with E-state index in [-0.39, 0.29) is 5.54 Å². The van der Waals surface area contributed by atoms with Gasteiger partial charge in [-0.3, -0.25) is 4.99 Å². The number of nitrogens with zero attached hydrogens (tertiary/aromatic N) is 4. The maximum atomic E-state index is 8.65. The molecule has 25 heavy (non-hydrogen) atoms. The molecule has 0 spiro atoms. The normalized spacial score (nSPS) is 25.8. The number of fused-ring (bicyclic) bond motifs is 1. The van der Waals surface area contributed by atoms with Gasteiger partial charge in [0.05, 0.1) is 5.54 Å². The average molecular weight is 362 g/mol. The summed E-state index contributed by atoms with van der Waals surface area (Å²) in [5, 5.41) is 8.45. The standard InChI is InChI=1S/C15H19N5S.2C2H6/c1-17-14-18-15(8-3-2-5-12(15)10-21-14)11-6-4-7-13(9-11)19-20-16;2*1-2/h4,6-7,9,12H,2-3,5,8,10H2,1H3,(H,17,18);2*1-2H3. The summed E-state index contributed by atoms with van der Waals surface area (Å²) >= 11 is 1.81. The minimum atomic E-state index is -0.0562. The number of hydrogen-bond donors (Lipinski definition) is 1. The molecule has 1 saturated heterocycles. The van der Waals surface area contributed by atoms with Gasteiger partial charge >= 0.3 is 0 Å². The van der Waals surface area contributed by atoms with Crippen LogP contribution in [0.5, 0.6) is 0 Å². The number of hydrogen-bond acceptors (Lipinski definition) is 3. The number of aliphatic imine (C=N–C) groups is 1. The summed E-state index contributed by atoms with van der Waals surface area (Å²) in [6.07, 6.45) is 4.86. The predicted octanol–water partition coefficient (Wildman–Crippen LogP) is 6.39. The first kappa shape index (κ1) is 21.4. The van der Waals surface area contributed by atoms with Gasteiger partial charge in [0.25, 0.3) is 0 Å². The highest BCUT2D eigenvalue weighted by Crippen LogP contribution is 2.46. The zero-order chi connectivity index (χ0) is 18.7. The van der Waals surface area contributed by atoms with E-state index in [1.807, 2.05) is 64.7 Å². The van der Waals surface area contributed by atoms with Crippen LogP contribution in [0.3, 0.4) is 0 Å². The zero-order valence-corrected chi connectivity index (χ0v) is 16.9. The number of thioether (sulfide) groups is 1. The lowest BCUT2D eigenvalue weighted by Crippen LogP contribution is -2.56. The molecule has 1 aliphatic heterocycles. The van der Waals surface area contributed by atoms with Crippen molar-refractivity contribution in [3.8, 4) is 0 Å². The minimum Gasteiger partial charge on any atom is -0.355 e. The molecule has 1 aliphatic carbocycles. The van der Waals surface area contributed by atoms with Crippen molar-refractivity contribution in [1.29, 1.82) is 0 Å². The summed E-state index contributed by atoms with van der Waals surface area (Å²) in [6, 6.07) is 8.00. The molecule has 1 N–H and O–H groups in total. The lowest BCUT2D eigenvalue weighted by molar-refractivity contribution is 0.182. The van der Waals surface area contributed by atoms with Crippen molar-refractivity contribution in [2.24, 2.45) is 16.0 Å². The van der Waals surface area contributed by atoms with Crippen LogP contribution >= 0.6 is 11.8 Å². The van der Waals surface area contributed by atoms with E-state index in [2.05, 4.69) is 26.4 Å². The fourth-order valence-electron chi connectivity index (χ4n) is 3.51. The Morgan fingerprint density at radius 2 is 2.00 bits per heavy atom. The third-order valence-corrected chi connectivity index (χ3v) is 5.67. The van der Waals surface area contributed by atoms with Gasteiger partial charge in [-0.1, -0.05) is 75.6 Å². The third-order valence-electron chi connectivity index (χ3n) is 4.55. The maximum absolute atomic E-state index is 8.65. The van der Waals surface area contributed by atoms with Gasteiger partial charge in [-0.15, -0.1) is 0 Å². The SMILES string of the molecule is CC.CC.CN=C1NC2(c3cccc(N=[N+]=[N-])c3)CCCCC2CS1. The molecule has 1 aromatic rings. The van der Waals surface area contributed by atoms with Crippen molar-refractivity contribution in [3.63, 3.8) is 0 Å². The van der Waals surface area contributed by atoms with Gasteiger partial charge in [0.1, 0.15) is 0 Å². The highest BCUT2D eigenvalue weighted by Gasteiger charge is 2.45. The third kappa shape index (κ3) is 4.93. The fraction of sp³-hybridized carbons (Fsp3) is 0.632. The second-order valence-electron chi connectivity index (χ2n) is 5.62. The van der Waals surface area contributed by atoms with Crippen molar-refractivity contribution in [2.45, 2.75) is 58.9 Å². The molecule has 0 radical (unpaired) electrons. The van der Waals surface area contributed by atoms with E-state index < -0.39 is 0 Å². The first-order valence-electron chi connectivity index (χ1n) is 9.32. The molecule has 2 fully saturated rings. The van der Waals surface area contributed by atoms with E-state index in [1.165, 1.54) is 24.8 Å². The molecule has 0 bridgehead atoms. The summed E-state index contributed by atoms with van der Waals surface area (Å²) in [5.41, 5.74) is 10.5. The van der Waals surface area contributed by atoms with E-state index in [9.17, 15) is 0 Å². The van der Waals surface area contributed by atoms with Crippen LogP contribution in [0.25, 0.3) is 10.4 Å². The van der Waals surface area contributed by atoms with E-state index in [0.29, 0.717) is 11.6 Å². The molecule has 2 atom stereocenters. The van der Waals surface area contributed by atoms with Crippen molar-refractivity contribution < 1.29 is 0 Å². The highest BCUT2D eigenvalue weighted by molar-refractivity contribution is 8.13. The van der Waals surface area contributed by atoms with Crippen molar-refractivity contribution in [3.05, 3.63) is 40.3 Å². The number of nitrogens with one attached hydrogen (secondary N) is 1. The summed E-state index contributed by atoms with van der Waals surface area (Å²) in [5.74, 6) is 1.70. The Kier molecular flexibility index (Phi) is 9.46. The number of azide groups is 1. The Balaban J connectivity index is 0.000000730. The van der Waals surface area contributed by atoms with Crippen molar-refractivity contribution in [1.82, 2.24) is 5.32 Å². The maximum Gasteiger partial charge on any atom is 0.156 e. The molecule has 0 aromatic heterocycles. The molecule has 1 saturated carbocycles. The average Bonchev–Trinajstić information content (AvgIpc) is 2.71. The Bertz CT molecular complexity index is 610. The van der Waals surface area contributed by atoms with Crippen molar-refractivity contribution >= 4 is 22.6 Å². The summed E-state index contributed by atoms with van der Waals surface area (Å²) in [4.78, 5) is 7.26. The summed E-state index contributed by atoms with van der Waals surface area (Å²) in [6.45, 7) is 8.00. The molecule has 0 amide bonds. The summed E-state index contributed by atoms with van der Waals surface area (Å²) < 4.78 is 0. The first-order chi connectivity index (χ1) is 12.3. The number of rotatable bonds is 2. The Hall–Kier alpha value is -1.65. The first-order valence-corrected chi connectivity index (χ1v) is 10.3. The van der Waals surface area contributed by atoms with Gasteiger partial charge < -0.3 is 5.32 Å². The second-order valence-corrected chi connectivity index (χ2v) is 6.63. The van der Waals surface area contributed by atoms with Crippen LogP contribution in [-0.2, 0) is 5.54 Å². The molecule has 138 valence electrons. The second kappa shape index (κ2) is 11.1.